The van der Waals surface area contributed by atoms with Crippen LogP contribution in [0.1, 0.15) is 30.4 Å². The van der Waals surface area contributed by atoms with Gasteiger partial charge in [0.05, 0.1) is 5.69 Å². The van der Waals surface area contributed by atoms with Crippen LogP contribution in [0.3, 0.4) is 0 Å². The predicted molar refractivity (Wildman–Crippen MR) is 107 cm³/mol. The molecule has 0 atom stereocenters. The van der Waals surface area contributed by atoms with Crippen molar-refractivity contribution in [1.82, 2.24) is 14.5 Å². The molecule has 3 N–H and O–H groups in total. The first-order valence-electron chi connectivity index (χ1n) is 7.56. The minimum absolute atomic E-state index is 0. The van der Waals surface area contributed by atoms with E-state index in [1.807, 2.05) is 35.3 Å². The Morgan fingerprint density at radius 3 is 2.18 bits per heavy atom. The number of aromatic nitrogens is 3. The Hall–Kier alpha value is -3.53. The van der Waals surface area contributed by atoms with Gasteiger partial charge in [-0.1, -0.05) is 25.6 Å². The number of carbonyl (C=O) groups excluding carboxylic acids is 1. The van der Waals surface area contributed by atoms with Gasteiger partial charge in [0.15, 0.2) is 10.8 Å². The summed E-state index contributed by atoms with van der Waals surface area (Å²) in [5, 5.41) is 8.49. The fraction of sp³-hybridized carbons (Fsp3) is 0.167. The third-order valence-corrected chi connectivity index (χ3v) is 4.02. The summed E-state index contributed by atoms with van der Waals surface area (Å²) in [6, 6.07) is 10.6. The van der Waals surface area contributed by atoms with E-state index in [9.17, 15) is 24.0 Å². The highest BCUT2D eigenvalue weighted by molar-refractivity contribution is 7.11. The monoisotopic (exact) mass is 405 g/mol. The molecule has 28 heavy (non-hydrogen) atoms. The lowest BCUT2D eigenvalue weighted by Crippen LogP contribution is -2.29. The average Bonchev–Trinajstić information content (AvgIpc) is 2.54. The molecule has 2 aromatic heterocycles. The van der Waals surface area contributed by atoms with Crippen LogP contribution in [0.25, 0.3) is 5.69 Å². The molecule has 0 spiro atoms. The fourth-order valence-electron chi connectivity index (χ4n) is 2.24. The molecule has 3 aromatic rings. The minimum atomic E-state index is -0.844. The molecular formula is C18H19N3O6S. The van der Waals surface area contributed by atoms with Gasteiger partial charge in [-0.2, -0.15) is 0 Å². The minimum Gasteiger partial charge on any atom is -0.499 e. The lowest BCUT2D eigenvalue weighted by molar-refractivity contribution is 0.101. The molecule has 9 nitrogen and oxygen atoms in total. The molecule has 0 aliphatic heterocycles. The summed E-state index contributed by atoms with van der Waals surface area (Å²) < 4.78 is 1.46. The Labute approximate surface area is 162 Å². The van der Waals surface area contributed by atoms with Crippen molar-refractivity contribution in [3.8, 4) is 10.8 Å². The highest BCUT2D eigenvalue weighted by atomic mass is 32.1. The van der Waals surface area contributed by atoms with Crippen LogP contribution >= 0.6 is 11.3 Å². The Balaban J connectivity index is 0.000000277. The van der Waals surface area contributed by atoms with E-state index in [-0.39, 0.29) is 18.5 Å². The summed E-state index contributed by atoms with van der Waals surface area (Å²) >= 11 is 0.425. The molecule has 0 aliphatic rings. The largest absolute Gasteiger partial charge is 0.499 e. The molecule has 0 aliphatic carbocycles. The van der Waals surface area contributed by atoms with Gasteiger partial charge in [-0.05, 0) is 37.3 Å². The zero-order valence-corrected chi connectivity index (χ0v) is 15.1. The first-order valence-corrected chi connectivity index (χ1v) is 8.38. The van der Waals surface area contributed by atoms with E-state index in [1.165, 1.54) is 10.6 Å². The van der Waals surface area contributed by atoms with Gasteiger partial charge in [-0.25, -0.2) is 4.79 Å². The number of nitrogens with zero attached hydrogens (tertiary/aromatic N) is 1. The van der Waals surface area contributed by atoms with Crippen molar-refractivity contribution in [2.45, 2.75) is 21.3 Å². The molecule has 0 bridgehead atoms. The first-order chi connectivity index (χ1) is 12.7. The summed E-state index contributed by atoms with van der Waals surface area (Å²) in [6.07, 6.45) is 0. The van der Waals surface area contributed by atoms with Gasteiger partial charge in [0.2, 0.25) is 0 Å². The summed E-state index contributed by atoms with van der Waals surface area (Å²) in [7, 11) is 0. The van der Waals surface area contributed by atoms with E-state index >= 15 is 0 Å². The third kappa shape index (κ3) is 5.24. The Kier molecular flexibility index (Phi) is 7.57. The van der Waals surface area contributed by atoms with Gasteiger partial charge >= 0.3 is 10.6 Å². The molecule has 0 amide bonds. The van der Waals surface area contributed by atoms with Crippen molar-refractivity contribution in [2.75, 3.05) is 0 Å². The molecule has 0 fully saturated rings. The molecule has 1 aromatic carbocycles. The van der Waals surface area contributed by atoms with Crippen LogP contribution in [0.15, 0.2) is 55.6 Å². The van der Waals surface area contributed by atoms with E-state index in [2.05, 4.69) is 4.98 Å². The van der Waals surface area contributed by atoms with E-state index in [4.69, 9.17) is 5.11 Å². The van der Waals surface area contributed by atoms with Crippen molar-refractivity contribution < 1.29 is 9.90 Å². The average molecular weight is 405 g/mol. The summed E-state index contributed by atoms with van der Waals surface area (Å²) in [6.45, 7) is 2.87. The van der Waals surface area contributed by atoms with Gasteiger partial charge in [-0.3, -0.25) is 33.7 Å². The van der Waals surface area contributed by atoms with E-state index in [1.54, 1.807) is 6.92 Å². The van der Waals surface area contributed by atoms with Gasteiger partial charge in [0.1, 0.15) is 5.56 Å². The van der Waals surface area contributed by atoms with Gasteiger partial charge in [-0.15, -0.1) is 0 Å². The standard InChI is InChI=1S/C11H10N2O2.C6H5NO4S.CH4/c1-8-7-10(14)12-11(15)13(8)9-5-3-2-4-6-9;1-2(8)3-4(9)7-6(11)12-5(3)10;/h2-7H,1H3,(H,12,14,15);10H,1H3,(H,7,9,11);1H4. The maximum absolute atomic E-state index is 11.6. The van der Waals surface area contributed by atoms with Crippen LogP contribution in [-0.2, 0) is 0 Å². The van der Waals surface area contributed by atoms with E-state index in [0.29, 0.717) is 17.0 Å². The third-order valence-electron chi connectivity index (χ3n) is 3.34. The molecule has 3 rings (SSSR count). The van der Waals surface area contributed by atoms with Crippen LogP contribution in [0.2, 0.25) is 0 Å². The van der Waals surface area contributed by atoms with Crippen molar-refractivity contribution >= 4 is 17.1 Å². The van der Waals surface area contributed by atoms with Crippen molar-refractivity contribution in [1.29, 1.82) is 0 Å². The van der Waals surface area contributed by atoms with Gasteiger partial charge < -0.3 is 5.11 Å². The zero-order valence-electron chi connectivity index (χ0n) is 14.3. The van der Waals surface area contributed by atoms with Crippen LogP contribution in [0, 0.1) is 6.92 Å². The molecule has 0 saturated heterocycles. The van der Waals surface area contributed by atoms with Crippen LogP contribution in [0.5, 0.6) is 5.06 Å². The number of aromatic hydroxyl groups is 1. The fourth-order valence-corrected chi connectivity index (χ4v) is 2.89. The number of Topliss-reactive ketones (excluding diaryl/α,β-unsaturated/α-hetero) is 1. The van der Waals surface area contributed by atoms with Crippen LogP contribution in [-0.4, -0.2) is 25.4 Å². The van der Waals surface area contributed by atoms with Gasteiger partial charge in [0.25, 0.3) is 11.1 Å². The summed E-state index contributed by atoms with van der Waals surface area (Å²) in [4.78, 5) is 58.2. The number of aryl methyl sites for hydroxylation is 1. The number of aromatic amines is 2. The Morgan fingerprint density at radius 2 is 1.68 bits per heavy atom. The number of H-pyrrole nitrogens is 2. The quantitative estimate of drug-likeness (QED) is 0.547. The topological polar surface area (TPSA) is 142 Å². The smallest absolute Gasteiger partial charge is 0.333 e. The number of para-hydroxylation sites is 1. The van der Waals surface area contributed by atoms with Crippen LogP contribution in [0.4, 0.5) is 0 Å². The molecule has 2 heterocycles. The second-order valence-corrected chi connectivity index (χ2v) is 6.29. The number of ketones is 1. The van der Waals surface area contributed by atoms with Gasteiger partial charge in [0, 0.05) is 11.8 Å². The molecule has 0 saturated carbocycles. The number of carbonyl (C=O) groups is 1. The number of hydrogen-bond donors (Lipinski definition) is 3. The lowest BCUT2D eigenvalue weighted by Gasteiger charge is -2.07. The number of nitrogens with one attached hydrogen (secondary N) is 2. The second-order valence-electron chi connectivity index (χ2n) is 5.33. The summed E-state index contributed by atoms with van der Waals surface area (Å²) in [5.74, 6) is -0.565. The van der Waals surface area contributed by atoms with E-state index < -0.39 is 27.0 Å². The molecule has 0 unspecified atom stereocenters. The predicted octanol–water partition coefficient (Wildman–Crippen LogP) is 1.18. The zero-order chi connectivity index (χ0) is 20.1. The molecular weight excluding hydrogens is 386 g/mol. The molecule has 10 heteroatoms. The first kappa shape index (κ1) is 22.5. The second kappa shape index (κ2) is 9.42. The maximum Gasteiger partial charge on any atom is 0.333 e. The maximum atomic E-state index is 11.6. The van der Waals surface area contributed by atoms with Crippen molar-refractivity contribution in [3.63, 3.8) is 0 Å². The van der Waals surface area contributed by atoms with Crippen molar-refractivity contribution in [3.05, 3.63) is 88.5 Å². The van der Waals surface area contributed by atoms with Crippen LogP contribution < -0.4 is 21.7 Å². The highest BCUT2D eigenvalue weighted by Crippen LogP contribution is 2.14. The van der Waals surface area contributed by atoms with E-state index in [0.717, 1.165) is 12.6 Å². The number of hydrogen-bond acceptors (Lipinski definition) is 7. The Morgan fingerprint density at radius 1 is 1.07 bits per heavy atom. The normalized spacial score (nSPS) is 9.64. The SMILES string of the molecule is C.CC(=O)c1c(O)sc(=O)[nH]c1=O.Cc1cc(=O)[nH]c(=O)n1-c1ccccc1. The lowest BCUT2D eigenvalue weighted by atomic mass is 10.2. The van der Waals surface area contributed by atoms with Crippen molar-refractivity contribution in [2.24, 2.45) is 0 Å². The number of rotatable bonds is 2. The number of benzene rings is 1. The Bertz CT molecular complexity index is 1200. The molecule has 0 radical (unpaired) electrons. The molecule has 148 valence electrons. The highest BCUT2D eigenvalue weighted by Gasteiger charge is 2.12. The summed E-state index contributed by atoms with van der Waals surface area (Å²) in [5.41, 5.74) is -0.620.